The second-order valence-corrected chi connectivity index (χ2v) is 7.49. The molecule has 1 N–H and O–H groups in total. The minimum absolute atomic E-state index is 0.130. The van der Waals surface area contributed by atoms with Gasteiger partial charge in [-0.25, -0.2) is 0 Å². The fraction of sp³-hybridized carbons (Fsp3) is 0.217. The van der Waals surface area contributed by atoms with Crippen molar-refractivity contribution in [2.24, 2.45) is 0 Å². The van der Waals surface area contributed by atoms with Crippen molar-refractivity contribution in [3.63, 3.8) is 0 Å². The predicted molar refractivity (Wildman–Crippen MR) is 120 cm³/mol. The van der Waals surface area contributed by atoms with Gasteiger partial charge in [0.25, 0.3) is 0 Å². The molecule has 7 heteroatoms. The summed E-state index contributed by atoms with van der Waals surface area (Å²) < 4.78 is 14.0. The number of carbonyl (C=O) groups is 1. The quantitative estimate of drug-likeness (QED) is 0.351. The van der Waals surface area contributed by atoms with Gasteiger partial charge in [0.15, 0.2) is 0 Å². The number of nitrogens with one attached hydrogen (secondary N) is 1. The fourth-order valence-electron chi connectivity index (χ4n) is 2.84. The van der Waals surface area contributed by atoms with Gasteiger partial charge in [-0.05, 0) is 58.3 Å². The van der Waals surface area contributed by atoms with Gasteiger partial charge in [0.2, 0.25) is 5.91 Å². The molecule has 1 heterocycles. The monoisotopic (exact) mass is 469 g/mol. The largest absolute Gasteiger partial charge is 0.496 e. The van der Waals surface area contributed by atoms with E-state index in [4.69, 9.17) is 9.47 Å². The molecule has 0 bridgehead atoms. The van der Waals surface area contributed by atoms with E-state index in [1.54, 1.807) is 19.4 Å². The van der Waals surface area contributed by atoms with Crippen molar-refractivity contribution in [2.45, 2.75) is 19.6 Å². The molecule has 1 amide bonds. The average molecular weight is 470 g/mol. The first kappa shape index (κ1) is 21.6. The van der Waals surface area contributed by atoms with Crippen molar-refractivity contribution in [1.29, 1.82) is 0 Å². The van der Waals surface area contributed by atoms with Crippen molar-refractivity contribution in [3.8, 4) is 11.5 Å². The summed E-state index contributed by atoms with van der Waals surface area (Å²) in [5, 5.41) is 7.07. The lowest BCUT2D eigenvalue weighted by Crippen LogP contribution is -2.23. The van der Waals surface area contributed by atoms with Crippen LogP contribution in [0.3, 0.4) is 0 Å². The zero-order chi connectivity index (χ0) is 21.2. The number of para-hydroxylation sites is 1. The topological polar surface area (TPSA) is 65.4 Å². The van der Waals surface area contributed by atoms with Crippen LogP contribution in [0.25, 0.3) is 6.08 Å². The number of halogens is 1. The summed E-state index contributed by atoms with van der Waals surface area (Å²) in [6, 6.07) is 15.4. The number of aryl methyl sites for hydroxylation is 1. The summed E-state index contributed by atoms with van der Waals surface area (Å²) in [5.74, 6) is 1.41. The molecule has 0 saturated carbocycles. The van der Waals surface area contributed by atoms with Crippen LogP contribution in [0.15, 0.2) is 71.5 Å². The van der Waals surface area contributed by atoms with Crippen LogP contribution in [-0.2, 0) is 17.9 Å². The maximum absolute atomic E-state index is 12.1. The highest BCUT2D eigenvalue weighted by atomic mass is 79.9. The number of rotatable bonds is 10. The number of amides is 1. The molecule has 3 rings (SSSR count). The zero-order valence-corrected chi connectivity index (χ0v) is 18.3. The van der Waals surface area contributed by atoms with Gasteiger partial charge in [-0.3, -0.25) is 9.48 Å². The number of benzene rings is 2. The molecule has 1 aromatic heterocycles. The Morgan fingerprint density at radius 2 is 2.07 bits per heavy atom. The standard InChI is InChI=1S/C23H24BrN3O3/c1-29-22-10-8-18(14-19(22)17-30-21-6-3-2-4-7-21)9-11-23(28)25-12-5-13-27-16-20(24)15-26-27/h2-4,6-11,14-16H,5,12-13,17H2,1H3,(H,25,28)/b11-9+. The fourth-order valence-corrected chi connectivity index (χ4v) is 3.16. The second kappa shape index (κ2) is 11.2. The Morgan fingerprint density at radius 3 is 2.80 bits per heavy atom. The molecular weight excluding hydrogens is 446 g/mol. The van der Waals surface area contributed by atoms with Gasteiger partial charge in [0.05, 0.1) is 17.8 Å². The van der Waals surface area contributed by atoms with E-state index in [9.17, 15) is 4.79 Å². The van der Waals surface area contributed by atoms with E-state index in [1.807, 2.05) is 59.4 Å². The number of carbonyl (C=O) groups excluding carboxylic acids is 1. The molecule has 2 aromatic carbocycles. The molecule has 0 aliphatic heterocycles. The molecular formula is C23H24BrN3O3. The SMILES string of the molecule is COc1ccc(/C=C/C(=O)NCCCn2cc(Br)cn2)cc1COc1ccccc1. The van der Waals surface area contributed by atoms with E-state index in [1.165, 1.54) is 6.08 Å². The van der Waals surface area contributed by atoms with E-state index in [0.29, 0.717) is 13.2 Å². The van der Waals surface area contributed by atoms with Crippen LogP contribution < -0.4 is 14.8 Å². The Kier molecular flexibility index (Phi) is 8.09. The zero-order valence-electron chi connectivity index (χ0n) is 16.8. The van der Waals surface area contributed by atoms with Crippen molar-refractivity contribution in [1.82, 2.24) is 15.1 Å². The smallest absolute Gasteiger partial charge is 0.244 e. The Morgan fingerprint density at radius 1 is 1.23 bits per heavy atom. The van der Waals surface area contributed by atoms with E-state index in [0.717, 1.165) is 40.1 Å². The van der Waals surface area contributed by atoms with Crippen LogP contribution in [0.1, 0.15) is 17.5 Å². The molecule has 156 valence electrons. The third-order valence-corrected chi connectivity index (χ3v) is 4.74. The molecule has 0 saturated heterocycles. The van der Waals surface area contributed by atoms with Gasteiger partial charge in [-0.15, -0.1) is 0 Å². The first-order valence-electron chi connectivity index (χ1n) is 9.62. The van der Waals surface area contributed by atoms with Crippen LogP contribution in [0.4, 0.5) is 0 Å². The molecule has 3 aromatic rings. The van der Waals surface area contributed by atoms with E-state index < -0.39 is 0 Å². The summed E-state index contributed by atoms with van der Waals surface area (Å²) in [6.07, 6.45) is 7.77. The van der Waals surface area contributed by atoms with E-state index >= 15 is 0 Å². The Bertz CT molecular complexity index is 986. The summed E-state index contributed by atoms with van der Waals surface area (Å²) >= 11 is 3.36. The summed E-state index contributed by atoms with van der Waals surface area (Å²) in [7, 11) is 1.63. The number of methoxy groups -OCH3 is 1. The van der Waals surface area contributed by atoms with Crippen LogP contribution >= 0.6 is 15.9 Å². The first-order valence-corrected chi connectivity index (χ1v) is 10.4. The lowest BCUT2D eigenvalue weighted by atomic mass is 10.1. The van der Waals surface area contributed by atoms with Crippen LogP contribution in [0.2, 0.25) is 0 Å². The molecule has 0 aliphatic rings. The van der Waals surface area contributed by atoms with Crippen molar-refractivity contribution < 1.29 is 14.3 Å². The highest BCUT2D eigenvalue weighted by molar-refractivity contribution is 9.10. The second-order valence-electron chi connectivity index (χ2n) is 6.57. The van der Waals surface area contributed by atoms with Gasteiger partial charge in [-0.1, -0.05) is 24.3 Å². The number of hydrogen-bond donors (Lipinski definition) is 1. The van der Waals surface area contributed by atoms with Gasteiger partial charge in [-0.2, -0.15) is 5.10 Å². The minimum Gasteiger partial charge on any atom is -0.496 e. The number of ether oxygens (including phenoxy) is 2. The number of nitrogens with zero attached hydrogens (tertiary/aromatic N) is 2. The van der Waals surface area contributed by atoms with Crippen molar-refractivity contribution in [2.75, 3.05) is 13.7 Å². The normalized spacial score (nSPS) is 10.9. The third kappa shape index (κ3) is 6.77. The Labute approximate surface area is 184 Å². The third-order valence-electron chi connectivity index (χ3n) is 4.33. The maximum atomic E-state index is 12.1. The highest BCUT2D eigenvalue weighted by Gasteiger charge is 2.05. The summed E-state index contributed by atoms with van der Waals surface area (Å²) in [5.41, 5.74) is 1.81. The van der Waals surface area contributed by atoms with Gasteiger partial charge < -0.3 is 14.8 Å². The summed E-state index contributed by atoms with van der Waals surface area (Å²) in [4.78, 5) is 12.1. The number of hydrogen-bond acceptors (Lipinski definition) is 4. The summed E-state index contributed by atoms with van der Waals surface area (Å²) in [6.45, 7) is 1.71. The molecule has 30 heavy (non-hydrogen) atoms. The van der Waals surface area contributed by atoms with Gasteiger partial charge in [0.1, 0.15) is 18.1 Å². The average Bonchev–Trinajstić information content (AvgIpc) is 3.19. The van der Waals surface area contributed by atoms with Crippen LogP contribution in [-0.4, -0.2) is 29.3 Å². The lowest BCUT2D eigenvalue weighted by molar-refractivity contribution is -0.116. The minimum atomic E-state index is -0.130. The predicted octanol–water partition coefficient (Wildman–Crippen LogP) is 4.45. The molecule has 0 spiro atoms. The van der Waals surface area contributed by atoms with Crippen molar-refractivity contribution >= 4 is 27.9 Å². The lowest BCUT2D eigenvalue weighted by Gasteiger charge is -2.11. The van der Waals surface area contributed by atoms with Crippen molar-refractivity contribution in [3.05, 3.63) is 82.6 Å². The molecule has 0 atom stereocenters. The maximum Gasteiger partial charge on any atom is 0.244 e. The Balaban J connectivity index is 1.50. The van der Waals surface area contributed by atoms with E-state index in [-0.39, 0.29) is 5.91 Å². The van der Waals surface area contributed by atoms with Crippen LogP contribution in [0.5, 0.6) is 11.5 Å². The van der Waals surface area contributed by atoms with Gasteiger partial charge >= 0.3 is 0 Å². The highest BCUT2D eigenvalue weighted by Crippen LogP contribution is 2.22. The number of aromatic nitrogens is 2. The molecule has 0 aliphatic carbocycles. The molecule has 0 unspecified atom stereocenters. The first-order chi connectivity index (χ1) is 14.6. The van der Waals surface area contributed by atoms with Crippen LogP contribution in [0, 0.1) is 0 Å². The van der Waals surface area contributed by atoms with E-state index in [2.05, 4.69) is 26.3 Å². The van der Waals surface area contributed by atoms with Gasteiger partial charge in [0, 0.05) is 30.9 Å². The Hall–Kier alpha value is -3.06. The molecule has 6 nitrogen and oxygen atoms in total. The molecule has 0 fully saturated rings. The molecule has 0 radical (unpaired) electrons.